The Hall–Kier alpha value is -2.48. The molecule has 0 fully saturated rings. The average molecular weight is 305 g/mol. The minimum absolute atomic E-state index is 0.0521. The first kappa shape index (κ1) is 14.9. The third-order valence-electron chi connectivity index (χ3n) is 2.86. The van der Waals surface area contributed by atoms with Gasteiger partial charge in [0.1, 0.15) is 10.7 Å². The van der Waals surface area contributed by atoms with Crippen molar-refractivity contribution in [1.82, 2.24) is 15.3 Å². The van der Waals surface area contributed by atoms with Crippen LogP contribution in [0.1, 0.15) is 40.4 Å². The molecule has 21 heavy (non-hydrogen) atoms. The molecule has 1 amide bonds. The summed E-state index contributed by atoms with van der Waals surface area (Å²) >= 11 is 1.50. The maximum Gasteiger partial charge on any atom is 0.270 e. The van der Waals surface area contributed by atoms with Gasteiger partial charge in [-0.3, -0.25) is 9.78 Å². The van der Waals surface area contributed by atoms with Crippen molar-refractivity contribution in [3.05, 3.63) is 46.2 Å². The Bertz CT molecular complexity index is 625. The van der Waals surface area contributed by atoms with Crippen LogP contribution in [0, 0.1) is 0 Å². The zero-order valence-corrected chi connectivity index (χ0v) is 12.2. The molecule has 2 aromatic rings. The summed E-state index contributed by atoms with van der Waals surface area (Å²) in [6, 6.07) is 2.96. The number of pyridine rings is 1. The summed E-state index contributed by atoms with van der Waals surface area (Å²) < 4.78 is 0. The van der Waals surface area contributed by atoms with Crippen molar-refractivity contribution in [3.63, 3.8) is 0 Å². The Morgan fingerprint density at radius 1 is 1.52 bits per heavy atom. The first-order valence-electron chi connectivity index (χ1n) is 6.30. The van der Waals surface area contributed by atoms with Crippen molar-refractivity contribution in [2.45, 2.75) is 19.4 Å². The lowest BCUT2D eigenvalue weighted by molar-refractivity contribution is 0.0930. The number of nitrogens with two attached hydrogens (primary N) is 1. The molecule has 2 aromatic heterocycles. The number of hydrogen-bond donors (Lipinski definition) is 3. The summed E-state index contributed by atoms with van der Waals surface area (Å²) in [6.45, 7) is 1.97. The van der Waals surface area contributed by atoms with Gasteiger partial charge in [0.2, 0.25) is 0 Å². The van der Waals surface area contributed by atoms with Gasteiger partial charge in [0.25, 0.3) is 5.91 Å². The molecule has 0 aromatic carbocycles. The number of amidine groups is 1. The lowest BCUT2D eigenvalue weighted by atomic mass is 10.2. The first-order valence-corrected chi connectivity index (χ1v) is 7.17. The van der Waals surface area contributed by atoms with Crippen molar-refractivity contribution < 1.29 is 10.0 Å². The molecule has 110 valence electrons. The van der Waals surface area contributed by atoms with Crippen LogP contribution in [0.5, 0.6) is 0 Å². The fourth-order valence-corrected chi connectivity index (χ4v) is 2.49. The van der Waals surface area contributed by atoms with Gasteiger partial charge >= 0.3 is 0 Å². The van der Waals surface area contributed by atoms with Crippen LogP contribution in [0.2, 0.25) is 0 Å². The van der Waals surface area contributed by atoms with Gasteiger partial charge in [0.15, 0.2) is 5.84 Å². The second-order valence-corrected chi connectivity index (χ2v) is 5.15. The number of amides is 1. The number of hydrogen-bond acceptors (Lipinski definition) is 6. The van der Waals surface area contributed by atoms with E-state index in [2.05, 4.69) is 20.4 Å². The zero-order chi connectivity index (χ0) is 15.2. The van der Waals surface area contributed by atoms with Gasteiger partial charge in [0.05, 0.1) is 6.04 Å². The fourth-order valence-electron chi connectivity index (χ4n) is 1.71. The van der Waals surface area contributed by atoms with Crippen LogP contribution in [-0.4, -0.2) is 26.9 Å². The number of carbonyl (C=O) groups is 1. The molecule has 8 heteroatoms. The summed E-state index contributed by atoms with van der Waals surface area (Å²) in [5.74, 6) is -0.341. The number of oxime groups is 1. The number of thiazole rings is 1. The van der Waals surface area contributed by atoms with E-state index in [4.69, 9.17) is 10.9 Å². The van der Waals surface area contributed by atoms with Crippen molar-refractivity contribution in [2.75, 3.05) is 0 Å². The molecule has 0 saturated carbocycles. The number of nitrogens with zero attached hydrogens (tertiary/aromatic N) is 3. The molecule has 4 N–H and O–H groups in total. The Kier molecular flexibility index (Phi) is 4.83. The lowest BCUT2D eigenvalue weighted by Gasteiger charge is -2.14. The average Bonchev–Trinajstić information content (AvgIpc) is 3.06. The van der Waals surface area contributed by atoms with Crippen LogP contribution in [0.3, 0.4) is 0 Å². The van der Waals surface area contributed by atoms with Crippen LogP contribution in [0.4, 0.5) is 0 Å². The highest BCUT2D eigenvalue weighted by Gasteiger charge is 2.17. The van der Waals surface area contributed by atoms with E-state index < -0.39 is 0 Å². The normalized spacial score (nSPS) is 12.9. The van der Waals surface area contributed by atoms with Crippen LogP contribution in [-0.2, 0) is 0 Å². The number of rotatable bonds is 5. The van der Waals surface area contributed by atoms with Crippen molar-refractivity contribution in [3.8, 4) is 0 Å². The largest absolute Gasteiger partial charge is 0.409 e. The maximum atomic E-state index is 12.2. The topological polar surface area (TPSA) is 113 Å². The van der Waals surface area contributed by atoms with Crippen molar-refractivity contribution in [2.24, 2.45) is 10.9 Å². The molecule has 2 heterocycles. The van der Waals surface area contributed by atoms with E-state index in [0.29, 0.717) is 5.56 Å². The van der Waals surface area contributed by atoms with Gasteiger partial charge in [-0.05, 0) is 18.6 Å². The molecule has 1 unspecified atom stereocenters. The number of nitrogens with one attached hydrogen (secondary N) is 1. The predicted octanol–water partition coefficient (Wildman–Crippen LogP) is 1.51. The van der Waals surface area contributed by atoms with Crippen molar-refractivity contribution >= 4 is 23.1 Å². The van der Waals surface area contributed by atoms with Gasteiger partial charge < -0.3 is 16.3 Å². The van der Waals surface area contributed by atoms with Crippen LogP contribution in [0.25, 0.3) is 0 Å². The molecule has 0 aliphatic heterocycles. The second-order valence-electron chi connectivity index (χ2n) is 4.22. The summed E-state index contributed by atoms with van der Waals surface area (Å²) in [6.07, 6.45) is 3.83. The molecule has 0 bridgehead atoms. The molecule has 0 saturated heterocycles. The molecule has 1 atom stereocenters. The van der Waals surface area contributed by atoms with E-state index in [-0.39, 0.29) is 23.5 Å². The SMILES string of the molecule is CCC(NC(=O)c1ccc(C(N)=NO)cn1)c1nccs1. The summed E-state index contributed by atoms with van der Waals surface area (Å²) in [4.78, 5) is 20.4. The molecule has 0 radical (unpaired) electrons. The molecule has 2 rings (SSSR count). The highest BCUT2D eigenvalue weighted by Crippen LogP contribution is 2.19. The Morgan fingerprint density at radius 3 is 2.86 bits per heavy atom. The fraction of sp³-hybridized carbons (Fsp3) is 0.231. The lowest BCUT2D eigenvalue weighted by Crippen LogP contribution is -2.29. The monoisotopic (exact) mass is 305 g/mol. The Labute approximate surface area is 125 Å². The molecule has 0 aliphatic rings. The molecular weight excluding hydrogens is 290 g/mol. The highest BCUT2D eigenvalue weighted by molar-refractivity contribution is 7.09. The van der Waals surface area contributed by atoms with E-state index in [1.807, 2.05) is 12.3 Å². The van der Waals surface area contributed by atoms with E-state index in [0.717, 1.165) is 11.4 Å². The smallest absolute Gasteiger partial charge is 0.270 e. The van der Waals surface area contributed by atoms with Crippen LogP contribution >= 0.6 is 11.3 Å². The third-order valence-corrected chi connectivity index (χ3v) is 3.75. The predicted molar refractivity (Wildman–Crippen MR) is 79.4 cm³/mol. The summed E-state index contributed by atoms with van der Waals surface area (Å²) in [5.41, 5.74) is 6.15. The van der Waals surface area contributed by atoms with Gasteiger partial charge in [0, 0.05) is 23.3 Å². The summed E-state index contributed by atoms with van der Waals surface area (Å²) in [7, 11) is 0. The summed E-state index contributed by atoms with van der Waals surface area (Å²) in [5, 5.41) is 17.1. The molecule has 7 nitrogen and oxygen atoms in total. The minimum Gasteiger partial charge on any atom is -0.409 e. The number of carbonyl (C=O) groups excluding carboxylic acids is 1. The van der Waals surface area contributed by atoms with E-state index >= 15 is 0 Å². The van der Waals surface area contributed by atoms with Crippen molar-refractivity contribution in [1.29, 1.82) is 0 Å². The highest BCUT2D eigenvalue weighted by atomic mass is 32.1. The van der Waals surface area contributed by atoms with E-state index in [1.54, 1.807) is 12.3 Å². The van der Waals surface area contributed by atoms with Crippen LogP contribution in [0.15, 0.2) is 35.1 Å². The van der Waals surface area contributed by atoms with Gasteiger partial charge in [-0.15, -0.1) is 11.3 Å². The van der Waals surface area contributed by atoms with Gasteiger partial charge in [-0.2, -0.15) is 0 Å². The maximum absolute atomic E-state index is 12.2. The third kappa shape index (κ3) is 3.54. The van der Waals surface area contributed by atoms with E-state index in [1.165, 1.54) is 23.6 Å². The minimum atomic E-state index is -0.289. The Balaban J connectivity index is 2.09. The Morgan fingerprint density at radius 2 is 2.33 bits per heavy atom. The number of aromatic nitrogens is 2. The van der Waals surface area contributed by atoms with Gasteiger partial charge in [-0.25, -0.2) is 4.98 Å². The molecular formula is C13H15N5O2S. The van der Waals surface area contributed by atoms with E-state index in [9.17, 15) is 4.79 Å². The quantitative estimate of drug-likeness (QED) is 0.335. The van der Waals surface area contributed by atoms with Crippen LogP contribution < -0.4 is 11.1 Å². The molecule has 0 aliphatic carbocycles. The second kappa shape index (κ2) is 6.80. The first-order chi connectivity index (χ1) is 10.2. The molecule has 0 spiro atoms. The zero-order valence-electron chi connectivity index (χ0n) is 11.4. The standard InChI is InChI=1S/C13H15N5O2S/c1-2-9(13-15-5-6-21-13)17-12(19)10-4-3-8(7-16-10)11(14)18-20/h3-7,9,20H,2H2,1H3,(H2,14,18)(H,17,19). The van der Waals surface area contributed by atoms with Gasteiger partial charge in [-0.1, -0.05) is 12.1 Å².